The van der Waals surface area contributed by atoms with Gasteiger partial charge in [-0.1, -0.05) is 12.1 Å². The van der Waals surface area contributed by atoms with Crippen molar-refractivity contribution in [1.29, 1.82) is 0 Å². The fraction of sp³-hybridized carbons (Fsp3) is 0.650. The molecule has 2 rings (SSSR count). The molecular weight excluding hydrogens is 302 g/mol. The molecule has 1 amide bonds. The van der Waals surface area contributed by atoms with Gasteiger partial charge in [0.1, 0.15) is 0 Å². The molecule has 1 saturated heterocycles. The second-order valence-electron chi connectivity index (χ2n) is 7.52. The van der Waals surface area contributed by atoms with Gasteiger partial charge in [-0.15, -0.1) is 0 Å². The Morgan fingerprint density at radius 3 is 2.83 bits per heavy atom. The van der Waals surface area contributed by atoms with Crippen molar-refractivity contribution < 1.29 is 14.6 Å². The average Bonchev–Trinajstić information content (AvgIpc) is 2.58. The van der Waals surface area contributed by atoms with E-state index in [1.807, 2.05) is 45.2 Å². The Balaban J connectivity index is 1.88. The van der Waals surface area contributed by atoms with Crippen molar-refractivity contribution in [2.75, 3.05) is 20.2 Å². The lowest BCUT2D eigenvalue weighted by Gasteiger charge is -2.25. The minimum atomic E-state index is -0.684. The van der Waals surface area contributed by atoms with E-state index < -0.39 is 5.60 Å². The number of hydrogen-bond donors (Lipinski definition) is 1. The number of carbonyl (C=O) groups excluding carboxylic acids is 1. The molecule has 0 saturated carbocycles. The van der Waals surface area contributed by atoms with Crippen molar-refractivity contribution in [3.8, 4) is 0 Å². The Hall–Kier alpha value is -1.39. The van der Waals surface area contributed by atoms with Gasteiger partial charge in [0.15, 0.2) is 0 Å². The van der Waals surface area contributed by atoms with E-state index in [0.717, 1.165) is 50.0 Å². The highest BCUT2D eigenvalue weighted by molar-refractivity contribution is 5.94. The number of nitrogens with zero attached hydrogens (tertiary/aromatic N) is 1. The molecule has 134 valence electrons. The zero-order valence-corrected chi connectivity index (χ0v) is 15.3. The number of benzene rings is 1. The van der Waals surface area contributed by atoms with Gasteiger partial charge in [0, 0.05) is 25.8 Å². The molecule has 0 aromatic heterocycles. The number of aryl methyl sites for hydroxylation is 1. The van der Waals surface area contributed by atoms with Crippen molar-refractivity contribution in [1.82, 2.24) is 4.90 Å². The van der Waals surface area contributed by atoms with Crippen molar-refractivity contribution in [3.05, 3.63) is 35.4 Å². The fourth-order valence-corrected chi connectivity index (χ4v) is 3.00. The van der Waals surface area contributed by atoms with Gasteiger partial charge in [-0.2, -0.15) is 0 Å². The van der Waals surface area contributed by atoms with Crippen molar-refractivity contribution in [3.63, 3.8) is 0 Å². The molecule has 0 spiro atoms. The van der Waals surface area contributed by atoms with Gasteiger partial charge in [0.2, 0.25) is 0 Å². The van der Waals surface area contributed by atoms with Crippen LogP contribution in [0.5, 0.6) is 0 Å². The standard InChI is InChI=1S/C20H31NO3/c1-20(2,23)12-10-16-7-6-8-17(15-16)19(22)21(3)13-11-18-9-4-5-14-24-18/h6-8,15,18,23H,4-5,9-14H2,1-3H3/t18-/m1/s1. The van der Waals surface area contributed by atoms with Crippen LogP contribution < -0.4 is 0 Å². The van der Waals surface area contributed by atoms with Crippen molar-refractivity contribution >= 4 is 5.91 Å². The first-order chi connectivity index (χ1) is 11.3. The predicted octanol–water partition coefficient (Wildman–Crippen LogP) is 3.42. The fourth-order valence-electron chi connectivity index (χ4n) is 3.00. The Bertz CT molecular complexity index is 530. The van der Waals surface area contributed by atoms with Crippen molar-refractivity contribution in [2.45, 2.75) is 64.1 Å². The topological polar surface area (TPSA) is 49.8 Å². The molecule has 0 aliphatic carbocycles. The van der Waals surface area contributed by atoms with Gasteiger partial charge >= 0.3 is 0 Å². The molecule has 1 aliphatic rings. The summed E-state index contributed by atoms with van der Waals surface area (Å²) in [5, 5.41) is 9.85. The molecule has 0 radical (unpaired) electrons. The molecule has 1 N–H and O–H groups in total. The number of rotatable bonds is 7. The lowest BCUT2D eigenvalue weighted by atomic mass is 9.97. The van der Waals surface area contributed by atoms with Gasteiger partial charge < -0.3 is 14.7 Å². The zero-order chi connectivity index (χ0) is 17.6. The molecule has 1 aromatic rings. The SMILES string of the molecule is CN(CC[C@H]1CCCCO1)C(=O)c1cccc(CCC(C)(C)O)c1. The summed E-state index contributed by atoms with van der Waals surface area (Å²) in [6.45, 7) is 5.19. The maximum absolute atomic E-state index is 12.6. The second kappa shape index (κ2) is 8.63. The Morgan fingerprint density at radius 1 is 1.38 bits per heavy atom. The van der Waals surface area contributed by atoms with Gasteiger partial charge in [0.25, 0.3) is 5.91 Å². The van der Waals surface area contributed by atoms with E-state index in [1.54, 1.807) is 4.90 Å². The van der Waals surface area contributed by atoms with Crippen molar-refractivity contribution in [2.24, 2.45) is 0 Å². The van der Waals surface area contributed by atoms with E-state index in [4.69, 9.17) is 4.74 Å². The van der Waals surface area contributed by atoms with E-state index in [2.05, 4.69) is 0 Å². The molecule has 1 aromatic carbocycles. The number of aliphatic hydroxyl groups is 1. The highest BCUT2D eigenvalue weighted by atomic mass is 16.5. The van der Waals surface area contributed by atoms with E-state index in [9.17, 15) is 9.90 Å². The molecule has 1 atom stereocenters. The van der Waals surface area contributed by atoms with Crippen LogP contribution in [0.4, 0.5) is 0 Å². The first-order valence-electron chi connectivity index (χ1n) is 9.03. The minimum absolute atomic E-state index is 0.0518. The summed E-state index contributed by atoms with van der Waals surface area (Å²) < 4.78 is 5.74. The molecule has 0 unspecified atom stereocenters. The zero-order valence-electron chi connectivity index (χ0n) is 15.3. The Morgan fingerprint density at radius 2 is 2.17 bits per heavy atom. The van der Waals surface area contributed by atoms with Crippen LogP contribution in [-0.2, 0) is 11.2 Å². The summed E-state index contributed by atoms with van der Waals surface area (Å²) in [5.41, 5.74) is 1.12. The van der Waals surface area contributed by atoms with Crippen LogP contribution in [-0.4, -0.2) is 47.8 Å². The van der Waals surface area contributed by atoms with Crippen LogP contribution in [0.1, 0.15) is 61.9 Å². The highest BCUT2D eigenvalue weighted by Gasteiger charge is 2.18. The maximum atomic E-state index is 12.6. The maximum Gasteiger partial charge on any atom is 0.253 e. The highest BCUT2D eigenvalue weighted by Crippen LogP contribution is 2.17. The summed E-state index contributed by atoms with van der Waals surface area (Å²) in [7, 11) is 1.86. The number of hydrogen-bond acceptors (Lipinski definition) is 3. The number of ether oxygens (including phenoxy) is 1. The number of carbonyl (C=O) groups is 1. The summed E-state index contributed by atoms with van der Waals surface area (Å²) in [5.74, 6) is 0.0518. The largest absolute Gasteiger partial charge is 0.390 e. The third kappa shape index (κ3) is 6.25. The van der Waals surface area contributed by atoms with E-state index in [-0.39, 0.29) is 5.91 Å². The van der Waals surface area contributed by atoms with E-state index >= 15 is 0 Å². The molecular formula is C20H31NO3. The smallest absolute Gasteiger partial charge is 0.253 e. The first kappa shape index (κ1) is 18.9. The number of amides is 1. The Kier molecular flexibility index (Phi) is 6.81. The molecule has 1 heterocycles. The van der Waals surface area contributed by atoms with Crippen LogP contribution in [0.2, 0.25) is 0 Å². The van der Waals surface area contributed by atoms with Gasteiger partial charge in [-0.25, -0.2) is 0 Å². The lowest BCUT2D eigenvalue weighted by molar-refractivity contribution is 0.00709. The molecule has 1 fully saturated rings. The predicted molar refractivity (Wildman–Crippen MR) is 96.2 cm³/mol. The third-order valence-electron chi connectivity index (χ3n) is 4.61. The minimum Gasteiger partial charge on any atom is -0.390 e. The van der Waals surface area contributed by atoms with Crippen LogP contribution >= 0.6 is 0 Å². The summed E-state index contributed by atoms with van der Waals surface area (Å²) in [6, 6.07) is 7.74. The monoisotopic (exact) mass is 333 g/mol. The quantitative estimate of drug-likeness (QED) is 0.832. The third-order valence-corrected chi connectivity index (χ3v) is 4.61. The lowest BCUT2D eigenvalue weighted by Crippen LogP contribution is -2.31. The summed E-state index contributed by atoms with van der Waals surface area (Å²) >= 11 is 0. The van der Waals surface area contributed by atoms with Gasteiger partial charge in [-0.05, 0) is 70.1 Å². The van der Waals surface area contributed by atoms with E-state index in [1.165, 1.54) is 6.42 Å². The second-order valence-corrected chi connectivity index (χ2v) is 7.52. The Labute approximate surface area is 145 Å². The molecule has 0 bridgehead atoms. The van der Waals surface area contributed by atoms with E-state index in [0.29, 0.717) is 12.5 Å². The summed E-state index contributed by atoms with van der Waals surface area (Å²) in [6.07, 6.45) is 6.14. The van der Waals surface area contributed by atoms with Gasteiger partial charge in [0.05, 0.1) is 11.7 Å². The molecule has 1 aliphatic heterocycles. The first-order valence-corrected chi connectivity index (χ1v) is 9.03. The van der Waals surface area contributed by atoms with Gasteiger partial charge in [-0.3, -0.25) is 4.79 Å². The molecule has 4 nitrogen and oxygen atoms in total. The normalized spacial score (nSPS) is 18.4. The summed E-state index contributed by atoms with van der Waals surface area (Å²) in [4.78, 5) is 14.4. The van der Waals surface area contributed by atoms with Crippen LogP contribution in [0.25, 0.3) is 0 Å². The average molecular weight is 333 g/mol. The van der Waals surface area contributed by atoms with Crippen LogP contribution in [0.15, 0.2) is 24.3 Å². The van der Waals surface area contributed by atoms with Crippen LogP contribution in [0.3, 0.4) is 0 Å². The molecule has 24 heavy (non-hydrogen) atoms. The van der Waals surface area contributed by atoms with Crippen LogP contribution in [0, 0.1) is 0 Å². The molecule has 4 heteroatoms.